The predicted octanol–water partition coefficient (Wildman–Crippen LogP) is 4.22. The summed E-state index contributed by atoms with van der Waals surface area (Å²) in [5.74, 6) is 0.0953. The van der Waals surface area contributed by atoms with Crippen LogP contribution in [0.15, 0.2) is 58.3 Å². The van der Waals surface area contributed by atoms with Gasteiger partial charge in [-0.2, -0.15) is 0 Å². The fourth-order valence-corrected chi connectivity index (χ4v) is 4.11. The predicted molar refractivity (Wildman–Crippen MR) is 112 cm³/mol. The largest absolute Gasteiger partial charge is 0.354 e. The molecule has 2 aromatic carbocycles. The highest BCUT2D eigenvalue weighted by Gasteiger charge is 2.23. The Hall–Kier alpha value is -1.69. The van der Waals surface area contributed by atoms with Crippen LogP contribution in [0, 0.1) is 0 Å². The van der Waals surface area contributed by atoms with Crippen LogP contribution in [0.2, 0.25) is 0 Å². The lowest BCUT2D eigenvalue weighted by Gasteiger charge is -2.32. The normalized spacial score (nSPS) is 13.2. The van der Waals surface area contributed by atoms with Crippen LogP contribution in [0.25, 0.3) is 0 Å². The highest BCUT2D eigenvalue weighted by Crippen LogP contribution is 2.47. The molecular formula is C20H26ClN3OS. The van der Waals surface area contributed by atoms with Crippen molar-refractivity contribution in [1.82, 2.24) is 10.6 Å². The van der Waals surface area contributed by atoms with Crippen molar-refractivity contribution in [2.75, 3.05) is 24.5 Å². The maximum absolute atomic E-state index is 12.2. The number of hydrogen-bond donors (Lipinski definition) is 2. The Kier molecular flexibility index (Phi) is 7.82. The number of anilines is 2. The summed E-state index contributed by atoms with van der Waals surface area (Å²) in [6.07, 6.45) is 0.478. The van der Waals surface area contributed by atoms with Crippen molar-refractivity contribution in [2.45, 2.75) is 36.1 Å². The number of nitrogens with zero attached hydrogens (tertiary/aromatic N) is 1. The smallest absolute Gasteiger partial charge is 0.221 e. The molecule has 0 aliphatic carbocycles. The first kappa shape index (κ1) is 20.6. The first-order valence-electron chi connectivity index (χ1n) is 8.82. The monoisotopic (exact) mass is 391 g/mol. The molecule has 0 saturated heterocycles. The van der Waals surface area contributed by atoms with E-state index < -0.39 is 0 Å². The molecular weight excluding hydrogens is 366 g/mol. The third-order valence-corrected chi connectivity index (χ3v) is 5.38. The summed E-state index contributed by atoms with van der Waals surface area (Å²) in [6, 6.07) is 17.1. The molecule has 0 radical (unpaired) electrons. The highest BCUT2D eigenvalue weighted by molar-refractivity contribution is 7.99. The number of hydrogen-bond acceptors (Lipinski definition) is 4. The third kappa shape index (κ3) is 4.93. The Morgan fingerprint density at radius 3 is 2.23 bits per heavy atom. The number of halogens is 1. The van der Waals surface area contributed by atoms with E-state index in [0.717, 1.165) is 6.54 Å². The molecule has 0 spiro atoms. The fraction of sp³-hybridized carbons (Fsp3) is 0.350. The second kappa shape index (κ2) is 9.86. The number of carbonyl (C=O) groups is 1. The quantitative estimate of drug-likeness (QED) is 0.741. The van der Waals surface area contributed by atoms with Crippen LogP contribution in [0.1, 0.15) is 20.3 Å². The van der Waals surface area contributed by atoms with Crippen molar-refractivity contribution >= 4 is 41.5 Å². The van der Waals surface area contributed by atoms with Crippen LogP contribution in [0.3, 0.4) is 0 Å². The minimum atomic E-state index is 0. The molecule has 0 unspecified atom stereocenters. The van der Waals surface area contributed by atoms with Crippen molar-refractivity contribution in [3.8, 4) is 0 Å². The van der Waals surface area contributed by atoms with E-state index in [4.69, 9.17) is 0 Å². The van der Waals surface area contributed by atoms with E-state index in [2.05, 4.69) is 77.9 Å². The molecule has 1 aliphatic heterocycles. The Morgan fingerprint density at radius 2 is 1.65 bits per heavy atom. The van der Waals surface area contributed by atoms with Gasteiger partial charge in [0.2, 0.25) is 5.91 Å². The van der Waals surface area contributed by atoms with Gasteiger partial charge >= 0.3 is 0 Å². The summed E-state index contributed by atoms with van der Waals surface area (Å²) in [7, 11) is 0. The molecule has 0 bridgehead atoms. The molecule has 0 fully saturated rings. The van der Waals surface area contributed by atoms with Gasteiger partial charge in [-0.05, 0) is 37.7 Å². The average Bonchev–Trinajstić information content (AvgIpc) is 2.63. The number of rotatable bonds is 7. The van der Waals surface area contributed by atoms with E-state index in [1.54, 1.807) is 11.8 Å². The molecule has 1 heterocycles. The van der Waals surface area contributed by atoms with Gasteiger partial charge in [0.15, 0.2) is 0 Å². The van der Waals surface area contributed by atoms with Crippen LogP contribution in [-0.2, 0) is 4.79 Å². The molecule has 2 aromatic rings. The number of para-hydroxylation sites is 2. The van der Waals surface area contributed by atoms with Crippen LogP contribution >= 0.6 is 24.2 Å². The average molecular weight is 392 g/mol. The van der Waals surface area contributed by atoms with Crippen molar-refractivity contribution in [3.63, 3.8) is 0 Å². The lowest BCUT2D eigenvalue weighted by molar-refractivity contribution is -0.120. The number of nitrogens with one attached hydrogen (secondary N) is 2. The second-order valence-electron chi connectivity index (χ2n) is 6.20. The van der Waals surface area contributed by atoms with Crippen LogP contribution < -0.4 is 15.5 Å². The standard InChI is InChI=1S/C20H25N3OS.ClH/c1-3-21-15(2)14-22-20(24)12-13-23-16-8-4-6-10-18(16)25-19-11-7-5-9-17(19)23;/h4-11,15,21H,3,12-14H2,1-2H3,(H,22,24);1H/t15-;/m1./s1. The number of amides is 1. The van der Waals surface area contributed by atoms with Gasteiger partial charge in [-0.25, -0.2) is 0 Å². The Bertz CT molecular complexity index is 695. The van der Waals surface area contributed by atoms with E-state index in [1.807, 2.05) is 0 Å². The summed E-state index contributed by atoms with van der Waals surface area (Å²) in [4.78, 5) is 17.0. The number of carbonyl (C=O) groups excluding carboxylic acids is 1. The van der Waals surface area contributed by atoms with Gasteiger partial charge in [0, 0.05) is 35.3 Å². The minimum Gasteiger partial charge on any atom is -0.354 e. The zero-order valence-electron chi connectivity index (χ0n) is 15.2. The summed E-state index contributed by atoms with van der Waals surface area (Å²) in [6.45, 7) is 6.40. The minimum absolute atomic E-state index is 0. The molecule has 26 heavy (non-hydrogen) atoms. The summed E-state index contributed by atoms with van der Waals surface area (Å²) in [5.41, 5.74) is 2.36. The molecule has 140 valence electrons. The molecule has 0 aromatic heterocycles. The van der Waals surface area contributed by atoms with E-state index in [9.17, 15) is 4.79 Å². The first-order chi connectivity index (χ1) is 12.2. The van der Waals surface area contributed by atoms with Crippen molar-refractivity contribution in [3.05, 3.63) is 48.5 Å². The zero-order chi connectivity index (χ0) is 17.6. The van der Waals surface area contributed by atoms with Crippen molar-refractivity contribution in [2.24, 2.45) is 0 Å². The lowest BCUT2D eigenvalue weighted by Crippen LogP contribution is -2.39. The van der Waals surface area contributed by atoms with Gasteiger partial charge in [0.1, 0.15) is 0 Å². The van der Waals surface area contributed by atoms with Gasteiger partial charge in [0.25, 0.3) is 0 Å². The van der Waals surface area contributed by atoms with Gasteiger partial charge < -0.3 is 15.5 Å². The zero-order valence-corrected chi connectivity index (χ0v) is 16.8. The summed E-state index contributed by atoms with van der Waals surface area (Å²) >= 11 is 1.79. The second-order valence-corrected chi connectivity index (χ2v) is 7.29. The third-order valence-electron chi connectivity index (χ3n) is 4.25. The fourth-order valence-electron chi connectivity index (χ4n) is 3.01. The molecule has 0 saturated carbocycles. The SMILES string of the molecule is CCN[C@H](C)CNC(=O)CCN1c2ccccc2Sc2ccccc21.Cl. The summed E-state index contributed by atoms with van der Waals surface area (Å²) < 4.78 is 0. The Balaban J connectivity index is 0.00000243. The van der Waals surface area contributed by atoms with Gasteiger partial charge in [-0.3, -0.25) is 4.79 Å². The lowest BCUT2D eigenvalue weighted by atomic mass is 10.2. The Labute approximate surface area is 166 Å². The van der Waals surface area contributed by atoms with Crippen molar-refractivity contribution in [1.29, 1.82) is 0 Å². The molecule has 1 atom stereocenters. The number of likely N-dealkylation sites (N-methyl/N-ethyl adjacent to an activating group) is 1. The van der Waals surface area contributed by atoms with E-state index >= 15 is 0 Å². The number of benzene rings is 2. The van der Waals surface area contributed by atoms with Crippen LogP contribution in [-0.4, -0.2) is 31.6 Å². The molecule has 6 heteroatoms. The van der Waals surface area contributed by atoms with Gasteiger partial charge in [0.05, 0.1) is 11.4 Å². The summed E-state index contributed by atoms with van der Waals surface area (Å²) in [5, 5.41) is 6.33. The topological polar surface area (TPSA) is 44.4 Å². The van der Waals surface area contributed by atoms with E-state index in [0.29, 0.717) is 25.6 Å². The first-order valence-corrected chi connectivity index (χ1v) is 9.64. The molecule has 4 nitrogen and oxygen atoms in total. The Morgan fingerprint density at radius 1 is 1.08 bits per heavy atom. The molecule has 1 amide bonds. The van der Waals surface area contributed by atoms with Gasteiger partial charge in [-0.1, -0.05) is 43.0 Å². The van der Waals surface area contributed by atoms with E-state index in [1.165, 1.54) is 21.2 Å². The van der Waals surface area contributed by atoms with Crippen LogP contribution in [0.4, 0.5) is 11.4 Å². The molecule has 1 aliphatic rings. The maximum Gasteiger partial charge on any atom is 0.221 e. The van der Waals surface area contributed by atoms with Gasteiger partial charge in [-0.15, -0.1) is 12.4 Å². The number of fused-ring (bicyclic) bond motifs is 2. The van der Waals surface area contributed by atoms with E-state index in [-0.39, 0.29) is 18.3 Å². The molecule has 2 N–H and O–H groups in total. The van der Waals surface area contributed by atoms with Crippen LogP contribution in [0.5, 0.6) is 0 Å². The highest BCUT2D eigenvalue weighted by atomic mass is 35.5. The molecule has 3 rings (SSSR count). The van der Waals surface area contributed by atoms with Crippen molar-refractivity contribution < 1.29 is 4.79 Å². The maximum atomic E-state index is 12.2.